The van der Waals surface area contributed by atoms with E-state index in [0.29, 0.717) is 10.8 Å². The second-order valence-corrected chi connectivity index (χ2v) is 4.30. The van der Waals surface area contributed by atoms with Crippen molar-refractivity contribution in [3.05, 3.63) is 58.2 Å². The number of anilines is 1. The summed E-state index contributed by atoms with van der Waals surface area (Å²) >= 11 is 5.89. The van der Waals surface area contributed by atoms with Gasteiger partial charge in [0.15, 0.2) is 0 Å². The number of halogens is 1. The van der Waals surface area contributed by atoms with Gasteiger partial charge in [-0.3, -0.25) is 0 Å². The third-order valence-corrected chi connectivity index (χ3v) is 2.69. The van der Waals surface area contributed by atoms with Crippen LogP contribution in [0.1, 0.15) is 16.7 Å². The molecule has 1 heterocycles. The van der Waals surface area contributed by atoms with Gasteiger partial charge in [0.2, 0.25) is 0 Å². The van der Waals surface area contributed by atoms with Gasteiger partial charge >= 0.3 is 0 Å². The molecule has 0 amide bonds. The summed E-state index contributed by atoms with van der Waals surface area (Å²) in [5, 5.41) is 0.622. The summed E-state index contributed by atoms with van der Waals surface area (Å²) in [6.07, 6.45) is 2.33. The molecule has 2 nitrogen and oxygen atoms in total. The Hall–Kier alpha value is -1.54. The summed E-state index contributed by atoms with van der Waals surface area (Å²) in [7, 11) is 0. The largest absolute Gasteiger partial charge is 0.383 e. The van der Waals surface area contributed by atoms with Crippen LogP contribution in [0.2, 0.25) is 5.02 Å². The van der Waals surface area contributed by atoms with Gasteiger partial charge in [0, 0.05) is 18.2 Å². The summed E-state index contributed by atoms with van der Waals surface area (Å²) in [5.74, 6) is 0.546. The number of benzene rings is 1. The van der Waals surface area contributed by atoms with Crippen molar-refractivity contribution in [2.75, 3.05) is 5.73 Å². The molecule has 0 radical (unpaired) electrons. The van der Waals surface area contributed by atoms with Crippen molar-refractivity contribution in [1.29, 1.82) is 0 Å². The van der Waals surface area contributed by atoms with Crippen LogP contribution in [0.5, 0.6) is 0 Å². The normalized spacial score (nSPS) is 10.4. The van der Waals surface area contributed by atoms with Crippen molar-refractivity contribution in [2.45, 2.75) is 13.3 Å². The third-order valence-electron chi connectivity index (χ3n) is 2.48. The molecule has 0 unspecified atom stereocenters. The van der Waals surface area contributed by atoms with Crippen LogP contribution in [0.3, 0.4) is 0 Å². The number of hydrogen-bond donors (Lipinski definition) is 1. The van der Waals surface area contributed by atoms with Crippen molar-refractivity contribution >= 4 is 17.4 Å². The van der Waals surface area contributed by atoms with Gasteiger partial charge in [0.25, 0.3) is 0 Å². The van der Waals surface area contributed by atoms with Gasteiger partial charge in [0.05, 0.1) is 5.02 Å². The smallest absolute Gasteiger partial charge is 0.126 e. The molecular weight excluding hydrogens is 220 g/mol. The van der Waals surface area contributed by atoms with Gasteiger partial charge < -0.3 is 5.73 Å². The number of nitrogens with zero attached hydrogens (tertiary/aromatic N) is 1. The summed E-state index contributed by atoms with van der Waals surface area (Å²) in [6.45, 7) is 2.07. The van der Waals surface area contributed by atoms with Crippen LogP contribution in [-0.2, 0) is 6.42 Å². The minimum absolute atomic E-state index is 0.546. The second-order valence-electron chi connectivity index (χ2n) is 3.86. The van der Waals surface area contributed by atoms with Crippen LogP contribution in [0.25, 0.3) is 0 Å². The Morgan fingerprint density at radius 2 is 1.94 bits per heavy atom. The molecule has 2 N–H and O–H groups in total. The molecule has 1 aromatic carbocycles. The van der Waals surface area contributed by atoms with Gasteiger partial charge in [-0.2, -0.15) is 0 Å². The van der Waals surface area contributed by atoms with Gasteiger partial charge in [-0.25, -0.2) is 4.98 Å². The highest BCUT2D eigenvalue weighted by Crippen LogP contribution is 2.18. The fraction of sp³-hybridized carbons (Fsp3) is 0.154. The van der Waals surface area contributed by atoms with E-state index in [1.165, 1.54) is 11.1 Å². The molecule has 0 saturated heterocycles. The number of pyridine rings is 1. The number of hydrogen-bond acceptors (Lipinski definition) is 2. The Labute approximate surface area is 100 Å². The summed E-state index contributed by atoms with van der Waals surface area (Å²) in [4.78, 5) is 4.04. The predicted octanol–water partition coefficient (Wildman–Crippen LogP) is 3.22. The first-order valence-corrected chi connectivity index (χ1v) is 5.48. The average molecular weight is 233 g/mol. The van der Waals surface area contributed by atoms with Crippen LogP contribution in [0.4, 0.5) is 5.82 Å². The van der Waals surface area contributed by atoms with Crippen molar-refractivity contribution in [3.63, 3.8) is 0 Å². The molecule has 0 fully saturated rings. The Kier molecular flexibility index (Phi) is 3.11. The maximum absolute atomic E-state index is 5.89. The fourth-order valence-electron chi connectivity index (χ4n) is 1.56. The minimum atomic E-state index is 0.546. The summed E-state index contributed by atoms with van der Waals surface area (Å²) in [6, 6.07) is 10.2. The van der Waals surface area contributed by atoms with E-state index in [2.05, 4.69) is 36.2 Å². The van der Waals surface area contributed by atoms with E-state index in [-0.39, 0.29) is 0 Å². The van der Waals surface area contributed by atoms with Crippen molar-refractivity contribution < 1.29 is 0 Å². The lowest BCUT2D eigenvalue weighted by Gasteiger charge is -2.05. The van der Waals surface area contributed by atoms with Gasteiger partial charge in [-0.15, -0.1) is 0 Å². The predicted molar refractivity (Wildman–Crippen MR) is 67.6 cm³/mol. The van der Waals surface area contributed by atoms with Gasteiger partial charge in [0.1, 0.15) is 5.82 Å². The molecule has 2 rings (SSSR count). The van der Waals surface area contributed by atoms with Crippen LogP contribution in [-0.4, -0.2) is 4.98 Å². The molecule has 0 aliphatic carbocycles. The molecule has 1 aromatic heterocycles. The standard InChI is InChI=1S/C13H13ClN2/c1-9-2-4-10(5-3-9)6-11-7-12(14)8-16-13(11)15/h2-5,7-8H,6H2,1H3,(H2,15,16). The van der Waals surface area contributed by atoms with Crippen molar-refractivity contribution in [2.24, 2.45) is 0 Å². The molecule has 16 heavy (non-hydrogen) atoms. The lowest BCUT2D eigenvalue weighted by Crippen LogP contribution is -1.98. The van der Waals surface area contributed by atoms with E-state index in [0.717, 1.165) is 12.0 Å². The molecule has 2 aromatic rings. The number of nitrogen functional groups attached to an aromatic ring is 1. The van der Waals surface area contributed by atoms with Crippen LogP contribution < -0.4 is 5.73 Å². The Bertz CT molecular complexity index is 492. The maximum Gasteiger partial charge on any atom is 0.126 e. The number of aromatic nitrogens is 1. The van der Waals surface area contributed by atoms with Crippen LogP contribution >= 0.6 is 11.6 Å². The first kappa shape index (κ1) is 11.0. The highest BCUT2D eigenvalue weighted by atomic mass is 35.5. The van der Waals surface area contributed by atoms with E-state index < -0.39 is 0 Å². The topological polar surface area (TPSA) is 38.9 Å². The lowest BCUT2D eigenvalue weighted by molar-refractivity contribution is 1.15. The highest BCUT2D eigenvalue weighted by molar-refractivity contribution is 6.30. The molecule has 0 spiro atoms. The fourth-order valence-corrected chi connectivity index (χ4v) is 1.74. The van der Waals surface area contributed by atoms with E-state index in [1.54, 1.807) is 6.20 Å². The molecule has 0 aliphatic heterocycles. The Morgan fingerprint density at radius 1 is 1.25 bits per heavy atom. The summed E-state index contributed by atoms with van der Waals surface area (Å²) < 4.78 is 0. The molecule has 0 aliphatic rings. The van der Waals surface area contributed by atoms with Crippen LogP contribution in [0.15, 0.2) is 36.5 Å². The number of rotatable bonds is 2. The number of nitrogens with two attached hydrogens (primary N) is 1. The zero-order chi connectivity index (χ0) is 11.5. The highest BCUT2D eigenvalue weighted by Gasteiger charge is 2.03. The Balaban J connectivity index is 2.26. The molecule has 3 heteroatoms. The zero-order valence-corrected chi connectivity index (χ0v) is 9.83. The van der Waals surface area contributed by atoms with E-state index in [9.17, 15) is 0 Å². The second kappa shape index (κ2) is 4.54. The van der Waals surface area contributed by atoms with Crippen molar-refractivity contribution in [3.8, 4) is 0 Å². The summed E-state index contributed by atoms with van der Waals surface area (Å²) in [5.41, 5.74) is 9.23. The maximum atomic E-state index is 5.89. The van der Waals surface area contributed by atoms with Crippen LogP contribution in [0, 0.1) is 6.92 Å². The van der Waals surface area contributed by atoms with Crippen molar-refractivity contribution in [1.82, 2.24) is 4.98 Å². The quantitative estimate of drug-likeness (QED) is 0.864. The van der Waals surface area contributed by atoms with Gasteiger partial charge in [-0.1, -0.05) is 41.4 Å². The molecule has 0 atom stereocenters. The number of aryl methyl sites for hydroxylation is 1. The van der Waals surface area contributed by atoms with E-state index >= 15 is 0 Å². The molecule has 0 saturated carbocycles. The molecular formula is C13H13ClN2. The van der Waals surface area contributed by atoms with Gasteiger partial charge in [-0.05, 0) is 18.6 Å². The molecule has 82 valence electrons. The Morgan fingerprint density at radius 3 is 2.62 bits per heavy atom. The average Bonchev–Trinajstić information content (AvgIpc) is 2.27. The minimum Gasteiger partial charge on any atom is -0.383 e. The van der Waals surface area contributed by atoms with E-state index in [1.807, 2.05) is 6.07 Å². The SMILES string of the molecule is Cc1ccc(Cc2cc(Cl)cnc2N)cc1. The zero-order valence-electron chi connectivity index (χ0n) is 9.07. The lowest BCUT2D eigenvalue weighted by atomic mass is 10.0. The monoisotopic (exact) mass is 232 g/mol. The first-order chi connectivity index (χ1) is 7.65. The van der Waals surface area contributed by atoms with E-state index in [4.69, 9.17) is 17.3 Å². The third kappa shape index (κ3) is 2.52. The first-order valence-electron chi connectivity index (χ1n) is 5.10. The molecule has 0 bridgehead atoms.